The van der Waals surface area contributed by atoms with E-state index in [0.717, 1.165) is 36.3 Å². The number of hydrogen-bond donors (Lipinski definition) is 2. The molecule has 0 aliphatic carbocycles. The van der Waals surface area contributed by atoms with Gasteiger partial charge in [0.25, 0.3) is 5.91 Å². The molecule has 1 aliphatic rings. The molecule has 2 aromatic rings. The summed E-state index contributed by atoms with van der Waals surface area (Å²) in [5.41, 5.74) is 3.98. The van der Waals surface area contributed by atoms with Crippen LogP contribution in [0, 0.1) is 13.8 Å². The maximum absolute atomic E-state index is 12.3. The average Bonchev–Trinajstić information content (AvgIpc) is 2.80. The molecule has 104 valence electrons. The monoisotopic (exact) mass is 287 g/mol. The first-order chi connectivity index (χ1) is 9.63. The second-order valence-electron chi connectivity index (χ2n) is 5.09. The highest BCUT2D eigenvalue weighted by Crippen LogP contribution is 2.26. The molecule has 0 bridgehead atoms. The third-order valence-corrected chi connectivity index (χ3v) is 4.46. The summed E-state index contributed by atoms with van der Waals surface area (Å²) in [4.78, 5) is 18.0. The lowest BCUT2D eigenvalue weighted by molar-refractivity contribution is 0.102. The fraction of sp³-hybridized carbons (Fsp3) is 0.333. The first kappa shape index (κ1) is 13.3. The van der Waals surface area contributed by atoms with Crippen molar-refractivity contribution in [2.45, 2.75) is 26.8 Å². The van der Waals surface area contributed by atoms with Crippen LogP contribution in [0.4, 0.5) is 5.13 Å². The molecule has 2 heterocycles. The minimum absolute atomic E-state index is 0.0819. The quantitative estimate of drug-likeness (QED) is 0.893. The Hall–Kier alpha value is -1.72. The normalized spacial score (nSPS) is 13.9. The molecule has 0 saturated carbocycles. The van der Waals surface area contributed by atoms with E-state index in [1.54, 1.807) is 11.3 Å². The number of hydrogen-bond acceptors (Lipinski definition) is 4. The highest BCUT2D eigenvalue weighted by Gasteiger charge is 2.17. The van der Waals surface area contributed by atoms with E-state index >= 15 is 0 Å². The van der Waals surface area contributed by atoms with Crippen LogP contribution in [-0.2, 0) is 13.0 Å². The van der Waals surface area contributed by atoms with Gasteiger partial charge in [-0.2, -0.15) is 0 Å². The van der Waals surface area contributed by atoms with Gasteiger partial charge in [-0.15, -0.1) is 11.3 Å². The molecule has 4 nitrogen and oxygen atoms in total. The Morgan fingerprint density at radius 1 is 1.40 bits per heavy atom. The number of thiazole rings is 1. The highest BCUT2D eigenvalue weighted by molar-refractivity contribution is 7.15. The number of nitrogens with zero attached hydrogens (tertiary/aromatic N) is 1. The number of carbonyl (C=O) groups is 1. The van der Waals surface area contributed by atoms with E-state index in [9.17, 15) is 4.79 Å². The SMILES string of the molecule is Cc1ccc(C(=O)Nc2nc3c(s2)CNCC3)c(C)c1. The van der Waals surface area contributed by atoms with Crippen LogP contribution < -0.4 is 10.6 Å². The smallest absolute Gasteiger partial charge is 0.257 e. The standard InChI is InChI=1S/C15H17N3OS/c1-9-3-4-11(10(2)7-9)14(19)18-15-17-12-5-6-16-8-13(12)20-15/h3-4,7,16H,5-6,8H2,1-2H3,(H,17,18,19). The summed E-state index contributed by atoms with van der Waals surface area (Å²) in [6.45, 7) is 5.79. The summed E-state index contributed by atoms with van der Waals surface area (Å²) in [5, 5.41) is 6.93. The molecule has 1 aliphatic heterocycles. The molecule has 0 radical (unpaired) electrons. The number of aryl methyl sites for hydroxylation is 2. The first-order valence-electron chi connectivity index (χ1n) is 6.71. The van der Waals surface area contributed by atoms with Crippen molar-refractivity contribution in [1.29, 1.82) is 0 Å². The fourth-order valence-corrected chi connectivity index (χ4v) is 3.38. The molecular weight excluding hydrogens is 270 g/mol. The van der Waals surface area contributed by atoms with Crippen LogP contribution in [0.1, 0.15) is 32.1 Å². The Balaban J connectivity index is 1.80. The summed E-state index contributed by atoms with van der Waals surface area (Å²) in [6.07, 6.45) is 0.936. The molecule has 0 atom stereocenters. The van der Waals surface area contributed by atoms with Gasteiger partial charge in [-0.1, -0.05) is 17.7 Å². The molecule has 20 heavy (non-hydrogen) atoms. The molecule has 0 spiro atoms. The zero-order valence-electron chi connectivity index (χ0n) is 11.6. The van der Waals surface area contributed by atoms with Crippen LogP contribution in [0.15, 0.2) is 18.2 Å². The van der Waals surface area contributed by atoms with Gasteiger partial charge in [0.15, 0.2) is 5.13 Å². The van der Waals surface area contributed by atoms with Crippen molar-refractivity contribution < 1.29 is 4.79 Å². The number of amides is 1. The minimum atomic E-state index is -0.0819. The van der Waals surface area contributed by atoms with Crippen molar-refractivity contribution in [3.63, 3.8) is 0 Å². The van der Waals surface area contributed by atoms with Crippen LogP contribution in [0.2, 0.25) is 0 Å². The van der Waals surface area contributed by atoms with E-state index < -0.39 is 0 Å². The minimum Gasteiger partial charge on any atom is -0.311 e. The van der Waals surface area contributed by atoms with Crippen LogP contribution in [0.3, 0.4) is 0 Å². The molecule has 1 amide bonds. The lowest BCUT2D eigenvalue weighted by atomic mass is 10.1. The third kappa shape index (κ3) is 2.59. The van der Waals surface area contributed by atoms with Gasteiger partial charge in [-0.25, -0.2) is 4.98 Å². The van der Waals surface area contributed by atoms with Gasteiger partial charge >= 0.3 is 0 Å². The van der Waals surface area contributed by atoms with Gasteiger partial charge in [0.2, 0.25) is 0 Å². The maximum Gasteiger partial charge on any atom is 0.257 e. The Morgan fingerprint density at radius 2 is 2.25 bits per heavy atom. The lowest BCUT2D eigenvalue weighted by Crippen LogP contribution is -2.22. The van der Waals surface area contributed by atoms with Crippen molar-refractivity contribution >= 4 is 22.4 Å². The van der Waals surface area contributed by atoms with E-state index in [-0.39, 0.29) is 5.91 Å². The Morgan fingerprint density at radius 3 is 3.00 bits per heavy atom. The van der Waals surface area contributed by atoms with Gasteiger partial charge in [-0.3, -0.25) is 10.1 Å². The number of benzene rings is 1. The van der Waals surface area contributed by atoms with Crippen molar-refractivity contribution in [2.24, 2.45) is 0 Å². The van der Waals surface area contributed by atoms with Gasteiger partial charge in [0.05, 0.1) is 5.69 Å². The molecule has 3 rings (SSSR count). The summed E-state index contributed by atoms with van der Waals surface area (Å²) < 4.78 is 0. The number of rotatable bonds is 2. The maximum atomic E-state index is 12.3. The largest absolute Gasteiger partial charge is 0.311 e. The van der Waals surface area contributed by atoms with Crippen molar-refractivity contribution in [3.05, 3.63) is 45.5 Å². The second-order valence-corrected chi connectivity index (χ2v) is 6.17. The molecule has 5 heteroatoms. The van der Waals surface area contributed by atoms with Crippen LogP contribution in [0.5, 0.6) is 0 Å². The molecular formula is C15H17N3OS. The highest BCUT2D eigenvalue weighted by atomic mass is 32.1. The summed E-state index contributed by atoms with van der Waals surface area (Å²) in [6, 6.07) is 5.85. The van der Waals surface area contributed by atoms with Gasteiger partial charge in [0.1, 0.15) is 0 Å². The topological polar surface area (TPSA) is 54.0 Å². The van der Waals surface area contributed by atoms with Crippen molar-refractivity contribution in [1.82, 2.24) is 10.3 Å². The van der Waals surface area contributed by atoms with E-state index in [1.807, 2.05) is 32.0 Å². The zero-order valence-corrected chi connectivity index (χ0v) is 12.4. The van der Waals surface area contributed by atoms with Gasteiger partial charge in [-0.05, 0) is 25.5 Å². The van der Waals surface area contributed by atoms with Crippen LogP contribution >= 0.6 is 11.3 Å². The molecule has 0 saturated heterocycles. The third-order valence-electron chi connectivity index (χ3n) is 3.45. The van der Waals surface area contributed by atoms with Crippen molar-refractivity contribution in [2.75, 3.05) is 11.9 Å². The van der Waals surface area contributed by atoms with Crippen molar-refractivity contribution in [3.8, 4) is 0 Å². The predicted molar refractivity (Wildman–Crippen MR) is 81.4 cm³/mol. The van der Waals surface area contributed by atoms with Gasteiger partial charge in [0, 0.05) is 30.0 Å². The zero-order chi connectivity index (χ0) is 14.1. The number of aromatic nitrogens is 1. The molecule has 0 fully saturated rings. The van der Waals surface area contributed by atoms with Gasteiger partial charge < -0.3 is 5.32 Å². The summed E-state index contributed by atoms with van der Waals surface area (Å²) in [5.74, 6) is -0.0819. The number of carbonyl (C=O) groups excluding carboxylic acids is 1. The second kappa shape index (κ2) is 5.34. The number of anilines is 1. The Labute approximate surface area is 122 Å². The number of nitrogens with one attached hydrogen (secondary N) is 2. The summed E-state index contributed by atoms with van der Waals surface area (Å²) >= 11 is 1.56. The van der Waals surface area contributed by atoms with Crippen LogP contribution in [-0.4, -0.2) is 17.4 Å². The van der Waals surface area contributed by atoms with E-state index in [0.29, 0.717) is 10.7 Å². The molecule has 1 aromatic heterocycles. The first-order valence-corrected chi connectivity index (χ1v) is 7.53. The van der Waals surface area contributed by atoms with E-state index in [2.05, 4.69) is 15.6 Å². The average molecular weight is 287 g/mol. The van der Waals surface area contributed by atoms with E-state index in [1.165, 1.54) is 4.88 Å². The molecule has 0 unspecified atom stereocenters. The Bertz CT molecular complexity index is 640. The molecule has 2 N–H and O–H groups in total. The fourth-order valence-electron chi connectivity index (χ4n) is 2.41. The van der Waals surface area contributed by atoms with Crippen LogP contribution in [0.25, 0.3) is 0 Å². The summed E-state index contributed by atoms with van der Waals surface area (Å²) in [7, 11) is 0. The Kier molecular flexibility index (Phi) is 3.54. The predicted octanol–water partition coefficient (Wildman–Crippen LogP) is 2.66. The molecule has 1 aromatic carbocycles. The lowest BCUT2D eigenvalue weighted by Gasteiger charge is -2.09. The number of fused-ring (bicyclic) bond motifs is 1. The van der Waals surface area contributed by atoms with E-state index in [4.69, 9.17) is 0 Å².